The van der Waals surface area contributed by atoms with Crippen LogP contribution in [0.3, 0.4) is 0 Å². The smallest absolute Gasteiger partial charge is 0.220 e. The fourth-order valence-corrected chi connectivity index (χ4v) is 13.2. The minimum atomic E-state index is 0.344. The molecule has 0 saturated heterocycles. The van der Waals surface area contributed by atoms with E-state index in [0.717, 1.165) is 61.5 Å². The lowest BCUT2D eigenvalue weighted by atomic mass is 9.81. The molecular formula is C76H82N6. The van der Waals surface area contributed by atoms with Crippen molar-refractivity contribution in [2.75, 3.05) is 0 Å². The highest BCUT2D eigenvalue weighted by atomic mass is 15.3. The summed E-state index contributed by atoms with van der Waals surface area (Å²) in [4.78, 5) is 5.65. The van der Waals surface area contributed by atoms with E-state index in [2.05, 4.69) is 276 Å². The molecule has 416 valence electrons. The predicted octanol–water partition coefficient (Wildman–Crippen LogP) is 21.7. The maximum absolute atomic E-state index is 5.65. The molecule has 0 fully saturated rings. The maximum Gasteiger partial charge on any atom is 0.220 e. The fraction of sp³-hybridized carbons (Fsp3) is 0.316. The van der Waals surface area contributed by atoms with Crippen LogP contribution >= 0.6 is 0 Å². The molecule has 0 radical (unpaired) electrons. The first-order valence-electron chi connectivity index (χ1n) is 30.4. The standard InChI is InChI=1S/C76H82N6/c1-43(2)53-33-63(47(9)10)73(64(34-53)48(11)12)51-27-31-67-71(37-51)82-72-38-52(74-65(49(13)14)35-54(44(3)4)36-66(74)50(15)16)28-32-69(72)81(76(82)78-67)58-29-30-62-61-23-17-18-26-68(61)80(70(62)40-58)57-22-19-21-56(39-57)79-42-55(41-77-79)75-59(45(5)6)24-20-25-60(75)46(7)8/h17-50H,1-16H3. The molecule has 6 nitrogen and oxygen atoms in total. The van der Waals surface area contributed by atoms with E-state index in [1.54, 1.807) is 0 Å². The number of nitrogens with zero attached hydrogens (tertiary/aromatic N) is 6. The molecule has 4 heterocycles. The second kappa shape index (κ2) is 21.1. The summed E-state index contributed by atoms with van der Waals surface area (Å²) in [6.07, 6.45) is 4.26. The Labute approximate surface area is 486 Å². The van der Waals surface area contributed by atoms with Crippen molar-refractivity contribution in [2.45, 2.75) is 158 Å². The van der Waals surface area contributed by atoms with Crippen LogP contribution in [0.2, 0.25) is 0 Å². The number of benzene rings is 8. The lowest BCUT2D eigenvalue weighted by Gasteiger charge is -2.23. The summed E-state index contributed by atoms with van der Waals surface area (Å²) < 4.78 is 9.36. The van der Waals surface area contributed by atoms with Gasteiger partial charge in [0.1, 0.15) is 0 Å². The first-order valence-corrected chi connectivity index (χ1v) is 30.4. The van der Waals surface area contributed by atoms with E-state index in [1.807, 2.05) is 10.9 Å². The summed E-state index contributed by atoms with van der Waals surface area (Å²) in [5.41, 5.74) is 28.5. The SMILES string of the molecule is CC(C)c1cc(C(C)C)c(-c2ccc3nc4n(-c5ccc6c7ccccc7n(-c7cccc(-n8cc(-c9c(C(C)C)cccc9C(C)C)cn8)c7)c6c5)c5ccc(-c6c(C(C)C)cc(C(C)C)cc6C(C)C)cc5n4c3c2)c(C(C)C)c1. The van der Waals surface area contributed by atoms with Gasteiger partial charge < -0.3 is 4.57 Å². The van der Waals surface area contributed by atoms with Crippen LogP contribution in [-0.4, -0.2) is 28.3 Å². The third kappa shape index (κ3) is 9.18. The second-order valence-corrected chi connectivity index (χ2v) is 25.9. The minimum Gasteiger partial charge on any atom is -0.309 e. The van der Waals surface area contributed by atoms with Crippen LogP contribution in [0.25, 0.3) is 100 Å². The Morgan fingerprint density at radius 1 is 0.329 bits per heavy atom. The van der Waals surface area contributed by atoms with E-state index in [9.17, 15) is 0 Å². The van der Waals surface area contributed by atoms with E-state index in [0.29, 0.717) is 47.3 Å². The van der Waals surface area contributed by atoms with Gasteiger partial charge in [-0.15, -0.1) is 0 Å². The molecule has 0 saturated carbocycles. The van der Waals surface area contributed by atoms with E-state index in [4.69, 9.17) is 10.1 Å². The lowest BCUT2D eigenvalue weighted by molar-refractivity contribution is 0.807. The average molecular weight is 1080 g/mol. The Bertz CT molecular complexity index is 4340. The van der Waals surface area contributed by atoms with Gasteiger partial charge in [0.2, 0.25) is 5.78 Å². The predicted molar refractivity (Wildman–Crippen MR) is 350 cm³/mol. The normalized spacial score (nSPS) is 12.5. The van der Waals surface area contributed by atoms with Crippen molar-refractivity contribution >= 4 is 49.7 Å². The Morgan fingerprint density at radius 2 is 0.829 bits per heavy atom. The van der Waals surface area contributed by atoms with Crippen LogP contribution in [0.5, 0.6) is 0 Å². The Kier molecular flexibility index (Phi) is 14.1. The summed E-state index contributed by atoms with van der Waals surface area (Å²) in [5, 5.41) is 7.46. The van der Waals surface area contributed by atoms with Crippen molar-refractivity contribution in [3.63, 3.8) is 0 Å². The molecule has 4 aromatic heterocycles. The summed E-state index contributed by atoms with van der Waals surface area (Å²) in [5.74, 6) is 3.93. The molecule has 82 heavy (non-hydrogen) atoms. The zero-order chi connectivity index (χ0) is 57.7. The highest BCUT2D eigenvalue weighted by Crippen LogP contribution is 2.45. The van der Waals surface area contributed by atoms with Crippen LogP contribution in [0.15, 0.2) is 158 Å². The molecule has 0 atom stereocenters. The quantitative estimate of drug-likeness (QED) is 0.109. The molecule has 0 bridgehead atoms. The van der Waals surface area contributed by atoms with Crippen molar-refractivity contribution < 1.29 is 0 Å². The zero-order valence-corrected chi connectivity index (χ0v) is 51.3. The third-order valence-electron chi connectivity index (χ3n) is 17.6. The average Bonchev–Trinajstić information content (AvgIpc) is 3.08. The van der Waals surface area contributed by atoms with E-state index < -0.39 is 0 Å². The molecule has 8 aromatic carbocycles. The molecule has 0 aliphatic rings. The van der Waals surface area contributed by atoms with Crippen molar-refractivity contribution in [3.8, 4) is 50.4 Å². The number of fused-ring (bicyclic) bond motifs is 8. The molecule has 12 aromatic rings. The Balaban J connectivity index is 1.10. The third-order valence-corrected chi connectivity index (χ3v) is 17.6. The molecule has 0 N–H and O–H groups in total. The number of imidazole rings is 2. The van der Waals surface area contributed by atoms with Gasteiger partial charge in [-0.05, 0) is 180 Å². The molecular weight excluding hydrogens is 997 g/mol. The fourth-order valence-electron chi connectivity index (χ4n) is 13.2. The molecule has 6 heteroatoms. The van der Waals surface area contributed by atoms with Crippen LogP contribution < -0.4 is 0 Å². The van der Waals surface area contributed by atoms with E-state index in [1.165, 1.54) is 83.1 Å². The Morgan fingerprint density at radius 3 is 1.40 bits per heavy atom. The molecule has 0 aliphatic heterocycles. The van der Waals surface area contributed by atoms with Gasteiger partial charge in [0, 0.05) is 28.2 Å². The molecule has 0 unspecified atom stereocenters. The van der Waals surface area contributed by atoms with Gasteiger partial charge in [-0.2, -0.15) is 5.10 Å². The van der Waals surface area contributed by atoms with Crippen molar-refractivity contribution in [3.05, 3.63) is 202 Å². The number of para-hydroxylation sites is 1. The van der Waals surface area contributed by atoms with Crippen LogP contribution in [0.1, 0.15) is 203 Å². The maximum atomic E-state index is 5.65. The van der Waals surface area contributed by atoms with Crippen LogP contribution in [-0.2, 0) is 0 Å². The Hall–Kier alpha value is -7.96. The van der Waals surface area contributed by atoms with Gasteiger partial charge in [-0.3, -0.25) is 8.97 Å². The van der Waals surface area contributed by atoms with Gasteiger partial charge in [0.05, 0.1) is 50.7 Å². The van der Waals surface area contributed by atoms with Gasteiger partial charge >= 0.3 is 0 Å². The van der Waals surface area contributed by atoms with Crippen LogP contribution in [0.4, 0.5) is 0 Å². The first kappa shape index (κ1) is 54.6. The largest absolute Gasteiger partial charge is 0.309 e. The summed E-state index contributed by atoms with van der Waals surface area (Å²) in [6, 6.07) is 55.6. The summed E-state index contributed by atoms with van der Waals surface area (Å²) >= 11 is 0. The summed E-state index contributed by atoms with van der Waals surface area (Å²) in [6.45, 7) is 37.2. The highest BCUT2D eigenvalue weighted by molar-refractivity contribution is 6.10. The van der Waals surface area contributed by atoms with Gasteiger partial charge in [-0.25, -0.2) is 9.67 Å². The molecule has 0 amide bonds. The molecule has 12 rings (SSSR count). The number of aromatic nitrogens is 6. The number of hydrogen-bond donors (Lipinski definition) is 0. The molecule has 0 aliphatic carbocycles. The summed E-state index contributed by atoms with van der Waals surface area (Å²) in [7, 11) is 0. The first-order chi connectivity index (χ1) is 39.3. The highest BCUT2D eigenvalue weighted by Gasteiger charge is 2.26. The van der Waals surface area contributed by atoms with Crippen molar-refractivity contribution in [2.24, 2.45) is 0 Å². The van der Waals surface area contributed by atoms with E-state index in [-0.39, 0.29) is 0 Å². The van der Waals surface area contributed by atoms with Gasteiger partial charge in [0.25, 0.3) is 0 Å². The van der Waals surface area contributed by atoms with E-state index >= 15 is 0 Å². The van der Waals surface area contributed by atoms with Crippen LogP contribution in [0, 0.1) is 0 Å². The minimum absolute atomic E-state index is 0.344. The second-order valence-electron chi connectivity index (χ2n) is 25.9. The molecule has 0 spiro atoms. The number of hydrogen-bond acceptors (Lipinski definition) is 2. The van der Waals surface area contributed by atoms with Crippen molar-refractivity contribution in [1.29, 1.82) is 0 Å². The van der Waals surface area contributed by atoms with Crippen molar-refractivity contribution in [1.82, 2.24) is 28.3 Å². The zero-order valence-electron chi connectivity index (χ0n) is 51.3. The van der Waals surface area contributed by atoms with Gasteiger partial charge in [-0.1, -0.05) is 196 Å². The topological polar surface area (TPSA) is 45.0 Å². The lowest BCUT2D eigenvalue weighted by Crippen LogP contribution is -2.04. The monoisotopic (exact) mass is 1080 g/mol. The van der Waals surface area contributed by atoms with Gasteiger partial charge in [0.15, 0.2) is 0 Å². The number of rotatable bonds is 14.